The van der Waals surface area contributed by atoms with Crippen molar-refractivity contribution in [3.05, 3.63) is 0 Å². The van der Waals surface area contributed by atoms with E-state index in [0.29, 0.717) is 19.4 Å². The smallest absolute Gasteiger partial charge is 0.411 e. The van der Waals surface area contributed by atoms with Crippen LogP contribution in [0, 0.1) is 0 Å². The second-order valence-electron chi connectivity index (χ2n) is 6.73. The summed E-state index contributed by atoms with van der Waals surface area (Å²) < 4.78 is 14.6. The van der Waals surface area contributed by atoms with Crippen molar-refractivity contribution in [3.8, 4) is 0 Å². The lowest BCUT2D eigenvalue weighted by molar-refractivity contribution is -0.149. The molecular formula is C16H27NO7S. The molecule has 1 aliphatic rings. The maximum Gasteiger partial charge on any atom is 0.411 e. The van der Waals surface area contributed by atoms with Crippen molar-refractivity contribution in [3.63, 3.8) is 0 Å². The van der Waals surface area contributed by atoms with Crippen LogP contribution in [0.25, 0.3) is 0 Å². The number of aliphatic hydroxyl groups is 1. The molecule has 1 saturated heterocycles. The van der Waals surface area contributed by atoms with Gasteiger partial charge in [0.15, 0.2) is 6.10 Å². The monoisotopic (exact) mass is 377 g/mol. The molecule has 1 amide bonds. The number of likely N-dealkylation sites (tertiary alicyclic amines) is 1. The highest BCUT2D eigenvalue weighted by atomic mass is 32.2. The number of aliphatic hydroxyl groups excluding tert-OH is 1. The molecule has 8 nitrogen and oxygen atoms in total. The first-order valence-corrected chi connectivity index (χ1v) is 9.09. The topological polar surface area (TPSA) is 102 Å². The molecule has 1 aliphatic heterocycles. The molecule has 3 atom stereocenters. The molecule has 0 spiro atoms. The number of hydrogen-bond donors (Lipinski definition) is 1. The zero-order valence-corrected chi connectivity index (χ0v) is 16.1. The van der Waals surface area contributed by atoms with Gasteiger partial charge in [-0.25, -0.2) is 14.4 Å². The number of thioether (sulfide) groups is 1. The third-order valence-corrected chi connectivity index (χ3v) is 5.03. The minimum Gasteiger partial charge on any atom is -0.467 e. The van der Waals surface area contributed by atoms with Crippen molar-refractivity contribution in [2.75, 3.05) is 26.5 Å². The van der Waals surface area contributed by atoms with Gasteiger partial charge in [0.05, 0.1) is 14.2 Å². The number of methoxy groups -OCH3 is 2. The lowest BCUT2D eigenvalue weighted by Crippen LogP contribution is -2.52. The van der Waals surface area contributed by atoms with Crippen molar-refractivity contribution < 1.29 is 33.7 Å². The van der Waals surface area contributed by atoms with Gasteiger partial charge in [0.2, 0.25) is 0 Å². The second-order valence-corrected chi connectivity index (χ2v) is 8.06. The van der Waals surface area contributed by atoms with E-state index in [1.54, 1.807) is 20.8 Å². The summed E-state index contributed by atoms with van der Waals surface area (Å²) in [5.41, 5.74) is -0.659. The maximum absolute atomic E-state index is 12.3. The van der Waals surface area contributed by atoms with Crippen molar-refractivity contribution >= 4 is 29.8 Å². The summed E-state index contributed by atoms with van der Waals surface area (Å²) in [4.78, 5) is 37.0. The fourth-order valence-electron chi connectivity index (χ4n) is 2.41. The Bertz CT molecular complexity index is 491. The van der Waals surface area contributed by atoms with Crippen molar-refractivity contribution in [1.29, 1.82) is 0 Å². The Labute approximate surface area is 152 Å². The van der Waals surface area contributed by atoms with Gasteiger partial charge in [0.1, 0.15) is 11.6 Å². The van der Waals surface area contributed by atoms with E-state index in [9.17, 15) is 19.5 Å². The number of carbonyl (C=O) groups excluding carboxylic acids is 3. The first-order valence-electron chi connectivity index (χ1n) is 8.04. The molecule has 0 aromatic heterocycles. The Morgan fingerprint density at radius 1 is 1.24 bits per heavy atom. The van der Waals surface area contributed by atoms with E-state index in [2.05, 4.69) is 4.74 Å². The first kappa shape index (κ1) is 21.6. The minimum atomic E-state index is -1.21. The third kappa shape index (κ3) is 6.74. The lowest BCUT2D eigenvalue weighted by Gasteiger charge is -2.38. The zero-order chi connectivity index (χ0) is 19.2. The fourth-order valence-corrected chi connectivity index (χ4v) is 3.60. The molecular weight excluding hydrogens is 350 g/mol. The molecule has 1 rings (SSSR count). The summed E-state index contributed by atoms with van der Waals surface area (Å²) >= 11 is 1.37. The van der Waals surface area contributed by atoms with Gasteiger partial charge in [-0.2, -0.15) is 11.8 Å². The summed E-state index contributed by atoms with van der Waals surface area (Å²) in [6.07, 6.45) is -0.785. The van der Waals surface area contributed by atoms with Crippen LogP contribution in [0.15, 0.2) is 0 Å². The second kappa shape index (κ2) is 9.28. The van der Waals surface area contributed by atoms with Crippen LogP contribution >= 0.6 is 11.8 Å². The van der Waals surface area contributed by atoms with Crippen molar-refractivity contribution in [2.45, 2.75) is 56.6 Å². The molecule has 0 bridgehead atoms. The largest absolute Gasteiger partial charge is 0.467 e. The third-order valence-electron chi connectivity index (χ3n) is 3.62. The lowest BCUT2D eigenvalue weighted by atomic mass is 10.0. The van der Waals surface area contributed by atoms with Gasteiger partial charge in [-0.1, -0.05) is 0 Å². The van der Waals surface area contributed by atoms with E-state index in [-0.39, 0.29) is 11.0 Å². The standard InChI is InChI=1S/C16H27NO7S/c1-16(2,3)24-15(21)17-7-6-10(8-11(17)13(19)22-4)25-9-12(18)14(20)23-5/h10-12,18H,6-9H2,1-5H3/t10-,11+,12+/m1/s1. The molecule has 0 aromatic rings. The SMILES string of the molecule is COC(=O)[C@@H](O)CS[C@@H]1CCN(C(=O)OC(C)(C)C)[C@H](C(=O)OC)C1. The first-order chi connectivity index (χ1) is 11.6. The van der Waals surface area contributed by atoms with Gasteiger partial charge in [-0.3, -0.25) is 4.90 Å². The van der Waals surface area contributed by atoms with E-state index < -0.39 is 35.8 Å². The Hall–Kier alpha value is -1.48. The summed E-state index contributed by atoms with van der Waals surface area (Å²) in [5, 5.41) is 9.67. The number of rotatable bonds is 5. The van der Waals surface area contributed by atoms with Crippen LogP contribution in [0.4, 0.5) is 4.79 Å². The van der Waals surface area contributed by atoms with Crippen LogP contribution in [0.3, 0.4) is 0 Å². The average molecular weight is 377 g/mol. The van der Waals surface area contributed by atoms with Crippen LogP contribution in [-0.4, -0.2) is 77.6 Å². The summed E-state index contributed by atoms with van der Waals surface area (Å²) in [6, 6.07) is -0.749. The number of hydrogen-bond acceptors (Lipinski definition) is 8. The van der Waals surface area contributed by atoms with Crippen LogP contribution in [-0.2, 0) is 23.8 Å². The maximum atomic E-state index is 12.3. The number of amides is 1. The van der Waals surface area contributed by atoms with Gasteiger partial charge < -0.3 is 19.3 Å². The molecule has 0 unspecified atom stereocenters. The predicted octanol–water partition coefficient (Wildman–Crippen LogP) is 1.19. The number of nitrogens with zero attached hydrogens (tertiary/aromatic N) is 1. The van der Waals surface area contributed by atoms with Gasteiger partial charge in [-0.05, 0) is 33.6 Å². The Balaban J connectivity index is 2.71. The summed E-state index contributed by atoms with van der Waals surface area (Å²) in [7, 11) is 2.48. The van der Waals surface area contributed by atoms with Crippen molar-refractivity contribution in [1.82, 2.24) is 4.90 Å². The molecule has 1 N–H and O–H groups in total. The van der Waals surface area contributed by atoms with Crippen LogP contribution in [0.5, 0.6) is 0 Å². The highest BCUT2D eigenvalue weighted by molar-refractivity contribution is 7.99. The van der Waals surface area contributed by atoms with E-state index >= 15 is 0 Å². The van der Waals surface area contributed by atoms with E-state index in [1.807, 2.05) is 0 Å². The fraction of sp³-hybridized carbons (Fsp3) is 0.812. The number of carbonyl (C=O) groups is 3. The molecule has 1 heterocycles. The molecule has 144 valence electrons. The van der Waals surface area contributed by atoms with Crippen LogP contribution in [0.2, 0.25) is 0 Å². The number of ether oxygens (including phenoxy) is 3. The van der Waals surface area contributed by atoms with Crippen LogP contribution in [0.1, 0.15) is 33.6 Å². The Morgan fingerprint density at radius 2 is 1.88 bits per heavy atom. The predicted molar refractivity (Wildman–Crippen MR) is 92.2 cm³/mol. The summed E-state index contributed by atoms with van der Waals surface area (Å²) in [6.45, 7) is 5.61. The molecule has 25 heavy (non-hydrogen) atoms. The van der Waals surface area contributed by atoms with Gasteiger partial charge in [-0.15, -0.1) is 0 Å². The van der Waals surface area contributed by atoms with Crippen LogP contribution < -0.4 is 0 Å². The Kier molecular flexibility index (Phi) is 8.01. The van der Waals surface area contributed by atoms with Gasteiger partial charge in [0, 0.05) is 17.5 Å². The van der Waals surface area contributed by atoms with E-state index in [0.717, 1.165) is 0 Å². The molecule has 0 aromatic carbocycles. The molecule has 1 fully saturated rings. The highest BCUT2D eigenvalue weighted by Gasteiger charge is 2.39. The normalized spacial score (nSPS) is 22.1. The zero-order valence-electron chi connectivity index (χ0n) is 15.3. The van der Waals surface area contributed by atoms with Crippen molar-refractivity contribution in [2.24, 2.45) is 0 Å². The number of piperidine rings is 1. The van der Waals surface area contributed by atoms with E-state index in [4.69, 9.17) is 9.47 Å². The minimum absolute atomic E-state index is 0.00194. The average Bonchev–Trinajstić information content (AvgIpc) is 2.56. The van der Waals surface area contributed by atoms with Gasteiger partial charge >= 0.3 is 18.0 Å². The number of esters is 2. The molecule has 9 heteroatoms. The molecule has 0 saturated carbocycles. The van der Waals surface area contributed by atoms with E-state index in [1.165, 1.54) is 30.9 Å². The molecule has 0 aliphatic carbocycles. The van der Waals surface area contributed by atoms with Gasteiger partial charge in [0.25, 0.3) is 0 Å². The highest BCUT2D eigenvalue weighted by Crippen LogP contribution is 2.29. The molecule has 0 radical (unpaired) electrons. The Morgan fingerprint density at radius 3 is 2.40 bits per heavy atom. The quantitative estimate of drug-likeness (QED) is 0.563. The summed E-state index contributed by atoms with van der Waals surface area (Å²) in [5.74, 6) is -1.04.